The number of hydrogen-bond acceptors (Lipinski definition) is 4. The highest BCUT2D eigenvalue weighted by Crippen LogP contribution is 2.38. The molecule has 3 rings (SSSR count). The van der Waals surface area contributed by atoms with Gasteiger partial charge in [-0.3, -0.25) is 0 Å². The predicted octanol–water partition coefficient (Wildman–Crippen LogP) is 2.71. The first-order valence-corrected chi connectivity index (χ1v) is 10.8. The van der Waals surface area contributed by atoms with Gasteiger partial charge in [0.2, 0.25) is 0 Å². The van der Waals surface area contributed by atoms with Crippen molar-refractivity contribution in [1.29, 1.82) is 0 Å². The highest BCUT2D eigenvalue weighted by molar-refractivity contribution is 5.79. The minimum absolute atomic E-state index is 0.195. The average molecular weight is 399 g/mol. The number of aliphatic imine (C=N–C) groups is 1. The van der Waals surface area contributed by atoms with E-state index in [0.717, 1.165) is 25.5 Å². The van der Waals surface area contributed by atoms with E-state index in [9.17, 15) is 5.11 Å². The first kappa shape index (κ1) is 21.3. The minimum Gasteiger partial charge on any atom is -0.396 e. The molecule has 0 atom stereocenters. The van der Waals surface area contributed by atoms with Gasteiger partial charge in [0.15, 0.2) is 5.96 Å². The number of rotatable bonds is 9. The Balaban J connectivity index is 1.61. The second-order valence-corrected chi connectivity index (χ2v) is 8.00. The molecule has 158 valence electrons. The normalized spacial score (nSPS) is 16.6. The van der Waals surface area contributed by atoms with Crippen molar-refractivity contribution in [2.75, 3.05) is 19.7 Å². The van der Waals surface area contributed by atoms with Crippen LogP contribution in [0.3, 0.4) is 0 Å². The van der Waals surface area contributed by atoms with E-state index in [-0.39, 0.29) is 12.0 Å². The molecule has 0 aliphatic heterocycles. The van der Waals surface area contributed by atoms with Crippen LogP contribution in [-0.4, -0.2) is 45.5 Å². The van der Waals surface area contributed by atoms with Gasteiger partial charge in [-0.15, -0.1) is 0 Å². The lowest BCUT2D eigenvalue weighted by molar-refractivity contribution is 0.131. The van der Waals surface area contributed by atoms with Crippen LogP contribution >= 0.6 is 0 Å². The van der Waals surface area contributed by atoms with Gasteiger partial charge in [0.05, 0.1) is 13.1 Å². The van der Waals surface area contributed by atoms with Crippen molar-refractivity contribution in [1.82, 2.24) is 25.4 Å². The molecule has 0 bridgehead atoms. The molecular formula is C22H34N6O. The topological polar surface area (TPSA) is 87.4 Å². The maximum Gasteiger partial charge on any atom is 0.191 e. The van der Waals surface area contributed by atoms with Crippen LogP contribution in [0.5, 0.6) is 0 Å². The molecule has 0 saturated heterocycles. The van der Waals surface area contributed by atoms with Gasteiger partial charge in [-0.05, 0) is 42.7 Å². The van der Waals surface area contributed by atoms with Gasteiger partial charge in [-0.25, -0.2) is 14.7 Å². The number of nitrogens with one attached hydrogen (secondary N) is 2. The van der Waals surface area contributed by atoms with Gasteiger partial charge in [-0.2, -0.15) is 5.10 Å². The van der Waals surface area contributed by atoms with Crippen LogP contribution in [0.1, 0.15) is 56.6 Å². The van der Waals surface area contributed by atoms with Gasteiger partial charge < -0.3 is 15.7 Å². The van der Waals surface area contributed by atoms with E-state index in [4.69, 9.17) is 4.99 Å². The standard InChI is InChI=1S/C22H34N6O/c1-2-24-21(26-16-22(11-12-29)9-4-3-5-10-22)25-14-19-7-6-8-20(13-19)15-28-18-23-17-27-28/h6-8,13,17-18,29H,2-5,9-12,14-16H2,1H3,(H2,24,25,26). The fourth-order valence-electron chi connectivity index (χ4n) is 4.17. The number of nitrogens with zero attached hydrogens (tertiary/aromatic N) is 4. The van der Waals surface area contributed by atoms with Crippen LogP contribution in [0.2, 0.25) is 0 Å². The molecule has 1 aliphatic carbocycles. The smallest absolute Gasteiger partial charge is 0.191 e. The molecule has 1 heterocycles. The van der Waals surface area contributed by atoms with Crippen molar-refractivity contribution < 1.29 is 5.11 Å². The highest BCUT2D eigenvalue weighted by atomic mass is 16.3. The molecule has 0 radical (unpaired) electrons. The summed E-state index contributed by atoms with van der Waals surface area (Å²) in [6, 6.07) is 8.44. The van der Waals surface area contributed by atoms with Crippen molar-refractivity contribution in [3.63, 3.8) is 0 Å². The molecule has 7 nitrogen and oxygen atoms in total. The Morgan fingerprint density at radius 1 is 1.21 bits per heavy atom. The summed E-state index contributed by atoms with van der Waals surface area (Å²) in [6.45, 7) is 5.36. The van der Waals surface area contributed by atoms with Gasteiger partial charge >= 0.3 is 0 Å². The Morgan fingerprint density at radius 3 is 2.76 bits per heavy atom. The number of aliphatic hydroxyl groups is 1. The van der Waals surface area contributed by atoms with Crippen LogP contribution in [0.25, 0.3) is 0 Å². The van der Waals surface area contributed by atoms with Gasteiger partial charge in [0.25, 0.3) is 0 Å². The van der Waals surface area contributed by atoms with E-state index in [0.29, 0.717) is 13.1 Å². The minimum atomic E-state index is 0.195. The summed E-state index contributed by atoms with van der Waals surface area (Å²) in [7, 11) is 0. The van der Waals surface area contributed by atoms with E-state index in [2.05, 4.69) is 51.9 Å². The first-order chi connectivity index (χ1) is 14.2. The molecule has 1 aliphatic rings. The van der Waals surface area contributed by atoms with E-state index >= 15 is 0 Å². The Morgan fingerprint density at radius 2 is 2.03 bits per heavy atom. The summed E-state index contributed by atoms with van der Waals surface area (Å²) in [5, 5.41) is 20.6. The largest absolute Gasteiger partial charge is 0.396 e. The Labute approximate surface area is 173 Å². The third-order valence-corrected chi connectivity index (χ3v) is 5.75. The molecule has 0 unspecified atom stereocenters. The second-order valence-electron chi connectivity index (χ2n) is 8.00. The number of benzene rings is 1. The predicted molar refractivity (Wildman–Crippen MR) is 116 cm³/mol. The zero-order valence-corrected chi connectivity index (χ0v) is 17.5. The van der Waals surface area contributed by atoms with Crippen molar-refractivity contribution >= 4 is 5.96 Å². The van der Waals surface area contributed by atoms with Crippen molar-refractivity contribution in [2.45, 2.75) is 58.5 Å². The Hall–Kier alpha value is -2.41. The maximum absolute atomic E-state index is 9.54. The van der Waals surface area contributed by atoms with E-state index < -0.39 is 0 Å². The molecule has 7 heteroatoms. The molecule has 3 N–H and O–H groups in total. The fourth-order valence-corrected chi connectivity index (χ4v) is 4.17. The SMILES string of the molecule is CCNC(=NCc1cccc(Cn2cncn2)c1)NCC1(CCO)CCCCC1. The molecular weight excluding hydrogens is 364 g/mol. The summed E-state index contributed by atoms with van der Waals surface area (Å²) < 4.78 is 1.82. The summed E-state index contributed by atoms with van der Waals surface area (Å²) >= 11 is 0. The lowest BCUT2D eigenvalue weighted by atomic mass is 9.72. The van der Waals surface area contributed by atoms with E-state index in [1.807, 2.05) is 4.68 Å². The van der Waals surface area contributed by atoms with Crippen molar-refractivity contribution in [3.05, 3.63) is 48.0 Å². The van der Waals surface area contributed by atoms with E-state index in [1.165, 1.54) is 43.2 Å². The maximum atomic E-state index is 9.54. The van der Waals surface area contributed by atoms with E-state index in [1.54, 1.807) is 12.7 Å². The van der Waals surface area contributed by atoms with Gasteiger partial charge in [0.1, 0.15) is 12.7 Å². The number of aliphatic hydroxyl groups excluding tert-OH is 1. The highest BCUT2D eigenvalue weighted by Gasteiger charge is 2.31. The van der Waals surface area contributed by atoms with Crippen molar-refractivity contribution in [2.24, 2.45) is 10.4 Å². The van der Waals surface area contributed by atoms with Gasteiger partial charge in [0, 0.05) is 19.7 Å². The molecule has 1 aromatic carbocycles. The number of hydrogen-bond donors (Lipinski definition) is 3. The average Bonchev–Trinajstić information content (AvgIpc) is 3.24. The first-order valence-electron chi connectivity index (χ1n) is 10.8. The number of guanidine groups is 1. The Bertz CT molecular complexity index is 747. The third-order valence-electron chi connectivity index (χ3n) is 5.75. The van der Waals surface area contributed by atoms with Crippen LogP contribution in [0.15, 0.2) is 41.9 Å². The lowest BCUT2D eigenvalue weighted by Gasteiger charge is -2.37. The molecule has 29 heavy (non-hydrogen) atoms. The molecule has 1 fully saturated rings. The zero-order chi connectivity index (χ0) is 20.4. The van der Waals surface area contributed by atoms with Crippen LogP contribution in [0.4, 0.5) is 0 Å². The quantitative estimate of drug-likeness (QED) is 0.447. The second kappa shape index (κ2) is 11.0. The van der Waals surface area contributed by atoms with Gasteiger partial charge in [-0.1, -0.05) is 43.5 Å². The van der Waals surface area contributed by atoms with Crippen LogP contribution < -0.4 is 10.6 Å². The molecule has 1 saturated carbocycles. The Kier molecular flexibility index (Phi) is 8.04. The third kappa shape index (κ3) is 6.56. The van der Waals surface area contributed by atoms with Crippen molar-refractivity contribution in [3.8, 4) is 0 Å². The monoisotopic (exact) mass is 398 g/mol. The summed E-state index contributed by atoms with van der Waals surface area (Å²) in [4.78, 5) is 8.79. The summed E-state index contributed by atoms with van der Waals surface area (Å²) in [6.07, 6.45) is 10.3. The molecule has 0 amide bonds. The fraction of sp³-hybridized carbons (Fsp3) is 0.591. The summed E-state index contributed by atoms with van der Waals surface area (Å²) in [5.74, 6) is 0.845. The number of aromatic nitrogens is 3. The molecule has 1 aromatic heterocycles. The van der Waals surface area contributed by atoms with Crippen LogP contribution in [0, 0.1) is 5.41 Å². The summed E-state index contributed by atoms with van der Waals surface area (Å²) in [5.41, 5.74) is 2.55. The lowest BCUT2D eigenvalue weighted by Crippen LogP contribution is -2.44. The van der Waals surface area contributed by atoms with Crippen LogP contribution in [-0.2, 0) is 13.1 Å². The molecule has 0 spiro atoms. The zero-order valence-electron chi connectivity index (χ0n) is 17.5. The molecule has 2 aromatic rings.